The second-order valence-electron chi connectivity index (χ2n) is 7.63. The van der Waals surface area contributed by atoms with Crippen molar-refractivity contribution in [3.05, 3.63) is 42.5 Å². The molecule has 4 heteroatoms. The first-order valence-electron chi connectivity index (χ1n) is 11.3. The Morgan fingerprint density at radius 2 is 1.29 bits per heavy atom. The molecule has 3 nitrogen and oxygen atoms in total. The number of allylic oxidation sites excluding steroid dienone is 2. The maximum atomic E-state index is 12.1. The van der Waals surface area contributed by atoms with E-state index in [9.17, 15) is 9.46 Å². The van der Waals surface area contributed by atoms with Gasteiger partial charge in [-0.05, 0) is 44.2 Å². The van der Waals surface area contributed by atoms with Crippen LogP contribution in [-0.2, 0) is 9.09 Å². The van der Waals surface area contributed by atoms with E-state index in [1.54, 1.807) is 24.3 Å². The Kier molecular flexibility index (Phi) is 15.3. The highest BCUT2D eigenvalue weighted by Crippen LogP contribution is 2.40. The fourth-order valence-corrected chi connectivity index (χ4v) is 4.30. The normalized spacial score (nSPS) is 13.8. The summed E-state index contributed by atoms with van der Waals surface area (Å²) in [5, 5.41) is 0.375. The third-order valence-corrected chi connectivity index (χ3v) is 6.49. The molecule has 0 aliphatic carbocycles. The molecule has 1 atom stereocenters. The summed E-state index contributed by atoms with van der Waals surface area (Å²) in [6.45, 7) is 2.61. The lowest BCUT2D eigenvalue weighted by Crippen LogP contribution is -2.07. The van der Waals surface area contributed by atoms with E-state index in [0.717, 1.165) is 12.8 Å². The molecule has 1 aromatic rings. The minimum atomic E-state index is -3.64. The average Bonchev–Trinajstić information content (AvgIpc) is 2.71. The van der Waals surface area contributed by atoms with Crippen LogP contribution in [0.4, 0.5) is 0 Å². The minimum Gasteiger partial charge on any atom is -0.321 e. The highest BCUT2D eigenvalue weighted by Gasteiger charge is 2.21. The van der Waals surface area contributed by atoms with Gasteiger partial charge in [-0.2, -0.15) is 0 Å². The Hall–Kier alpha value is -0.890. The molecule has 0 radical (unpaired) electrons. The van der Waals surface area contributed by atoms with Crippen LogP contribution in [0, 0.1) is 0 Å². The number of benzene rings is 1. The Balaban J connectivity index is 1.87. The first-order chi connectivity index (χ1) is 13.7. The van der Waals surface area contributed by atoms with Crippen LogP contribution in [0.2, 0.25) is 0 Å². The van der Waals surface area contributed by atoms with E-state index in [1.165, 1.54) is 77.0 Å². The Labute approximate surface area is 173 Å². The molecule has 1 rings (SSSR count). The van der Waals surface area contributed by atoms with E-state index >= 15 is 0 Å². The number of unbranched alkanes of at least 4 members (excludes halogenated alkanes) is 12. The van der Waals surface area contributed by atoms with Crippen molar-refractivity contribution in [3.63, 3.8) is 0 Å². The van der Waals surface area contributed by atoms with E-state index in [0.29, 0.717) is 11.9 Å². The monoisotopic (exact) mass is 408 g/mol. The summed E-state index contributed by atoms with van der Waals surface area (Å²) in [4.78, 5) is 9.94. The van der Waals surface area contributed by atoms with Gasteiger partial charge in [-0.15, -0.1) is 0 Å². The second kappa shape index (κ2) is 17.0. The van der Waals surface area contributed by atoms with Crippen LogP contribution in [-0.4, -0.2) is 11.5 Å². The molecule has 0 saturated heterocycles. The third kappa shape index (κ3) is 13.3. The maximum Gasteiger partial charge on any atom is 0.358 e. The van der Waals surface area contributed by atoms with Gasteiger partial charge in [0, 0.05) is 0 Å². The lowest BCUT2D eigenvalue weighted by molar-refractivity contribution is 0.261. The van der Waals surface area contributed by atoms with Crippen LogP contribution >= 0.6 is 7.60 Å². The van der Waals surface area contributed by atoms with Crippen molar-refractivity contribution >= 4 is 12.9 Å². The zero-order valence-corrected chi connectivity index (χ0v) is 18.8. The lowest BCUT2D eigenvalue weighted by atomic mass is 10.1. The first-order valence-corrected chi connectivity index (χ1v) is 12.9. The van der Waals surface area contributed by atoms with Crippen LogP contribution < -0.4 is 5.30 Å². The highest BCUT2D eigenvalue weighted by molar-refractivity contribution is 7.61. The predicted molar refractivity (Wildman–Crippen MR) is 121 cm³/mol. The molecule has 1 N–H and O–H groups in total. The summed E-state index contributed by atoms with van der Waals surface area (Å²) in [6, 6.07) is 8.62. The van der Waals surface area contributed by atoms with Gasteiger partial charge in [0.15, 0.2) is 0 Å². The molecular weight excluding hydrogens is 367 g/mol. The van der Waals surface area contributed by atoms with Gasteiger partial charge in [-0.3, -0.25) is 4.57 Å². The van der Waals surface area contributed by atoms with Crippen molar-refractivity contribution in [1.82, 2.24) is 0 Å². The summed E-state index contributed by atoms with van der Waals surface area (Å²) in [5.74, 6) is 0. The van der Waals surface area contributed by atoms with Crippen molar-refractivity contribution in [2.45, 2.75) is 96.8 Å². The largest absolute Gasteiger partial charge is 0.358 e. The standard InChI is InChI=1S/C24H41O3P/c1-2-3-4-5-6-7-8-9-10-11-12-13-14-15-16-20-23-27-28(25,26)24-21-18-17-19-22-24/h9-10,17-19,21-22H,2-8,11-16,20,23H2,1H3,(H,25,26)/b10-9-. The molecule has 160 valence electrons. The van der Waals surface area contributed by atoms with E-state index in [4.69, 9.17) is 4.52 Å². The molecule has 0 fully saturated rings. The predicted octanol–water partition coefficient (Wildman–Crippen LogP) is 7.55. The van der Waals surface area contributed by atoms with E-state index < -0.39 is 7.60 Å². The van der Waals surface area contributed by atoms with Gasteiger partial charge in [-0.25, -0.2) is 0 Å². The summed E-state index contributed by atoms with van der Waals surface area (Å²) >= 11 is 0. The lowest BCUT2D eigenvalue weighted by Gasteiger charge is -2.12. The van der Waals surface area contributed by atoms with Crippen molar-refractivity contribution in [1.29, 1.82) is 0 Å². The quantitative estimate of drug-likeness (QED) is 0.155. The van der Waals surface area contributed by atoms with E-state index in [1.807, 2.05) is 6.07 Å². The van der Waals surface area contributed by atoms with E-state index in [-0.39, 0.29) is 0 Å². The highest BCUT2D eigenvalue weighted by atomic mass is 31.2. The fourth-order valence-electron chi connectivity index (χ4n) is 3.23. The molecule has 0 amide bonds. The van der Waals surface area contributed by atoms with E-state index in [2.05, 4.69) is 19.1 Å². The third-order valence-electron chi connectivity index (χ3n) is 5.00. The molecule has 0 spiro atoms. The zero-order valence-electron chi connectivity index (χ0n) is 17.9. The van der Waals surface area contributed by atoms with Crippen molar-refractivity contribution < 1.29 is 14.0 Å². The molecule has 1 unspecified atom stereocenters. The van der Waals surface area contributed by atoms with Crippen LogP contribution in [0.25, 0.3) is 0 Å². The van der Waals surface area contributed by atoms with Crippen LogP contribution in [0.3, 0.4) is 0 Å². The molecule has 28 heavy (non-hydrogen) atoms. The average molecular weight is 409 g/mol. The maximum absolute atomic E-state index is 12.1. The van der Waals surface area contributed by atoms with Gasteiger partial charge in [-0.1, -0.05) is 95.1 Å². The van der Waals surface area contributed by atoms with Gasteiger partial charge in [0.1, 0.15) is 0 Å². The summed E-state index contributed by atoms with van der Waals surface area (Å²) in [6.07, 6.45) is 22.2. The first kappa shape index (κ1) is 25.1. The molecule has 0 bridgehead atoms. The number of rotatable bonds is 18. The molecule has 0 saturated carbocycles. The Bertz CT molecular complexity index is 542. The second-order valence-corrected chi connectivity index (χ2v) is 9.44. The van der Waals surface area contributed by atoms with Crippen molar-refractivity contribution in [2.75, 3.05) is 6.61 Å². The van der Waals surface area contributed by atoms with Crippen molar-refractivity contribution in [3.8, 4) is 0 Å². The molecule has 1 aromatic carbocycles. The smallest absolute Gasteiger partial charge is 0.321 e. The number of hydrogen-bond donors (Lipinski definition) is 1. The SMILES string of the molecule is CCCCCCCC/C=C\CCCCCCCCOP(=O)(O)c1ccccc1. The van der Waals surface area contributed by atoms with Gasteiger partial charge >= 0.3 is 7.60 Å². The molecular formula is C24H41O3P. The molecule has 0 heterocycles. The summed E-state index contributed by atoms with van der Waals surface area (Å²) < 4.78 is 17.3. The van der Waals surface area contributed by atoms with Crippen LogP contribution in [0.15, 0.2) is 42.5 Å². The van der Waals surface area contributed by atoms with Crippen LogP contribution in [0.1, 0.15) is 96.8 Å². The summed E-state index contributed by atoms with van der Waals surface area (Å²) in [5.41, 5.74) is 0. The van der Waals surface area contributed by atoms with Gasteiger partial charge in [0.25, 0.3) is 0 Å². The minimum absolute atomic E-state index is 0.351. The van der Waals surface area contributed by atoms with Gasteiger partial charge in [0.2, 0.25) is 0 Å². The number of hydrogen-bond acceptors (Lipinski definition) is 2. The topological polar surface area (TPSA) is 46.5 Å². The fraction of sp³-hybridized carbons (Fsp3) is 0.667. The van der Waals surface area contributed by atoms with Gasteiger partial charge in [0.05, 0.1) is 11.9 Å². The molecule has 0 aliphatic heterocycles. The van der Waals surface area contributed by atoms with Crippen LogP contribution in [0.5, 0.6) is 0 Å². The molecule has 0 aromatic heterocycles. The summed E-state index contributed by atoms with van der Waals surface area (Å²) in [7, 11) is -3.64. The zero-order chi connectivity index (χ0) is 20.3. The Morgan fingerprint density at radius 1 is 0.786 bits per heavy atom. The van der Waals surface area contributed by atoms with Gasteiger partial charge < -0.3 is 9.42 Å². The molecule has 0 aliphatic rings. The Morgan fingerprint density at radius 3 is 1.86 bits per heavy atom. The van der Waals surface area contributed by atoms with Crippen molar-refractivity contribution in [2.24, 2.45) is 0 Å².